The minimum absolute atomic E-state index is 0.0376. The number of aromatic nitrogens is 1. The van der Waals surface area contributed by atoms with Crippen LogP contribution in [0.25, 0.3) is 0 Å². The Bertz CT molecular complexity index is 604. The van der Waals surface area contributed by atoms with Crippen molar-refractivity contribution in [1.82, 2.24) is 14.2 Å². The predicted molar refractivity (Wildman–Crippen MR) is 74.8 cm³/mol. The van der Waals surface area contributed by atoms with Crippen molar-refractivity contribution in [3.05, 3.63) is 18.0 Å². The van der Waals surface area contributed by atoms with Gasteiger partial charge < -0.3 is 14.4 Å². The Morgan fingerprint density at radius 2 is 2.10 bits per heavy atom. The first-order valence-electron chi connectivity index (χ1n) is 6.59. The van der Waals surface area contributed by atoms with E-state index in [9.17, 15) is 13.2 Å². The maximum Gasteiger partial charge on any atom is 0.352 e. The molecule has 0 unspecified atom stereocenters. The Labute approximate surface area is 123 Å². The first kappa shape index (κ1) is 16.0. The molecule has 118 valence electrons. The van der Waals surface area contributed by atoms with Crippen LogP contribution >= 0.6 is 0 Å². The number of hydrogen-bond acceptors (Lipinski definition) is 5. The second-order valence-corrected chi connectivity index (χ2v) is 6.60. The molecule has 2 rings (SSSR count). The van der Waals surface area contributed by atoms with Gasteiger partial charge in [0.15, 0.2) is 0 Å². The molecule has 1 saturated heterocycles. The third kappa shape index (κ3) is 4.03. The van der Waals surface area contributed by atoms with E-state index in [0.717, 1.165) is 19.2 Å². The minimum atomic E-state index is -3.69. The van der Waals surface area contributed by atoms with Crippen molar-refractivity contribution >= 4 is 16.0 Å². The summed E-state index contributed by atoms with van der Waals surface area (Å²) >= 11 is 0. The number of ether oxygens (including phenoxy) is 1. The molecule has 0 amide bonds. The van der Waals surface area contributed by atoms with Gasteiger partial charge in [-0.15, -0.1) is 0 Å². The van der Waals surface area contributed by atoms with Crippen molar-refractivity contribution in [3.8, 4) is 0 Å². The summed E-state index contributed by atoms with van der Waals surface area (Å²) in [6, 6.07) is 1.15. The third-order valence-corrected chi connectivity index (χ3v) is 4.76. The molecule has 0 radical (unpaired) electrons. The second-order valence-electron chi connectivity index (χ2n) is 4.83. The zero-order valence-electron chi connectivity index (χ0n) is 11.8. The Kier molecular flexibility index (Phi) is 4.99. The van der Waals surface area contributed by atoms with Crippen LogP contribution in [0.3, 0.4) is 0 Å². The summed E-state index contributed by atoms with van der Waals surface area (Å²) in [6.45, 7) is 3.77. The molecule has 0 aliphatic carbocycles. The first-order chi connectivity index (χ1) is 9.90. The van der Waals surface area contributed by atoms with Gasteiger partial charge >= 0.3 is 5.97 Å². The van der Waals surface area contributed by atoms with Crippen LogP contribution in [0.2, 0.25) is 0 Å². The average Bonchev–Trinajstić information content (AvgIpc) is 2.83. The smallest absolute Gasteiger partial charge is 0.352 e. The van der Waals surface area contributed by atoms with E-state index < -0.39 is 16.0 Å². The zero-order valence-corrected chi connectivity index (χ0v) is 12.6. The van der Waals surface area contributed by atoms with Gasteiger partial charge in [-0.3, -0.25) is 4.90 Å². The summed E-state index contributed by atoms with van der Waals surface area (Å²) in [5.74, 6) is -1.16. The summed E-state index contributed by atoms with van der Waals surface area (Å²) in [4.78, 5) is 13.0. The lowest BCUT2D eigenvalue weighted by molar-refractivity contribution is 0.0390. The molecule has 9 heteroatoms. The van der Waals surface area contributed by atoms with Crippen molar-refractivity contribution < 1.29 is 23.1 Å². The molecule has 2 heterocycles. The van der Waals surface area contributed by atoms with E-state index in [4.69, 9.17) is 9.84 Å². The maximum atomic E-state index is 12.1. The third-order valence-electron chi connectivity index (χ3n) is 3.33. The van der Waals surface area contributed by atoms with E-state index in [1.54, 1.807) is 0 Å². The van der Waals surface area contributed by atoms with Gasteiger partial charge in [-0.05, 0) is 6.07 Å². The molecule has 1 aliphatic rings. The Morgan fingerprint density at radius 3 is 2.67 bits per heavy atom. The lowest BCUT2D eigenvalue weighted by atomic mass is 10.4. The molecule has 1 aromatic rings. The number of morpholine rings is 1. The van der Waals surface area contributed by atoms with E-state index >= 15 is 0 Å². The zero-order chi connectivity index (χ0) is 15.5. The number of nitrogens with one attached hydrogen (secondary N) is 1. The van der Waals surface area contributed by atoms with Gasteiger partial charge in [0, 0.05) is 39.4 Å². The molecule has 0 bridgehead atoms. The number of hydrogen-bond donors (Lipinski definition) is 2. The molecule has 8 nitrogen and oxygen atoms in total. The van der Waals surface area contributed by atoms with Crippen molar-refractivity contribution in [3.63, 3.8) is 0 Å². The molecule has 1 aromatic heterocycles. The number of carbonyl (C=O) groups is 1. The maximum absolute atomic E-state index is 12.1. The first-order valence-corrected chi connectivity index (χ1v) is 8.08. The van der Waals surface area contributed by atoms with Gasteiger partial charge in [-0.2, -0.15) is 0 Å². The van der Waals surface area contributed by atoms with Gasteiger partial charge in [0.2, 0.25) is 10.0 Å². The van der Waals surface area contributed by atoms with Crippen LogP contribution in [0.5, 0.6) is 0 Å². The van der Waals surface area contributed by atoms with E-state index in [1.807, 2.05) is 0 Å². The number of carboxylic acids is 1. The highest BCUT2D eigenvalue weighted by Gasteiger charge is 2.20. The Morgan fingerprint density at radius 1 is 1.43 bits per heavy atom. The number of rotatable bonds is 6. The molecule has 1 fully saturated rings. The van der Waals surface area contributed by atoms with Gasteiger partial charge in [0.05, 0.1) is 13.2 Å². The Balaban J connectivity index is 1.95. The highest BCUT2D eigenvalue weighted by atomic mass is 32.2. The number of nitrogens with zero attached hydrogens (tertiary/aromatic N) is 2. The lowest BCUT2D eigenvalue weighted by Gasteiger charge is -2.26. The van der Waals surface area contributed by atoms with Crippen molar-refractivity contribution in [2.45, 2.75) is 4.90 Å². The molecule has 0 atom stereocenters. The van der Waals surface area contributed by atoms with Gasteiger partial charge in [0.25, 0.3) is 0 Å². The van der Waals surface area contributed by atoms with Gasteiger partial charge in [-0.25, -0.2) is 17.9 Å². The molecule has 21 heavy (non-hydrogen) atoms. The van der Waals surface area contributed by atoms with Crippen LogP contribution in [0.1, 0.15) is 10.5 Å². The predicted octanol–water partition coefficient (Wildman–Crippen LogP) is -0.666. The molecule has 0 aromatic carbocycles. The van der Waals surface area contributed by atoms with Crippen molar-refractivity contribution in [1.29, 1.82) is 0 Å². The molecule has 1 aliphatic heterocycles. The Hall–Kier alpha value is -1.42. The van der Waals surface area contributed by atoms with Crippen molar-refractivity contribution in [2.75, 3.05) is 39.4 Å². The number of sulfonamides is 1. The quantitative estimate of drug-likeness (QED) is 0.722. The van der Waals surface area contributed by atoms with Crippen LogP contribution in [0, 0.1) is 0 Å². The van der Waals surface area contributed by atoms with Crippen LogP contribution < -0.4 is 4.72 Å². The van der Waals surface area contributed by atoms with Crippen LogP contribution in [-0.4, -0.2) is 68.4 Å². The number of aromatic carboxylic acids is 1. The number of aryl methyl sites for hydroxylation is 1. The normalized spacial score (nSPS) is 17.0. The van der Waals surface area contributed by atoms with Gasteiger partial charge in [0.1, 0.15) is 10.6 Å². The molecule has 0 spiro atoms. The average molecular weight is 317 g/mol. The second kappa shape index (κ2) is 6.56. The summed E-state index contributed by atoms with van der Waals surface area (Å²) in [5.41, 5.74) is -0.0662. The summed E-state index contributed by atoms with van der Waals surface area (Å²) in [5, 5.41) is 8.94. The lowest BCUT2D eigenvalue weighted by Crippen LogP contribution is -2.41. The fourth-order valence-corrected chi connectivity index (χ4v) is 3.23. The van der Waals surface area contributed by atoms with Gasteiger partial charge in [-0.1, -0.05) is 0 Å². The van der Waals surface area contributed by atoms with Crippen LogP contribution in [0.4, 0.5) is 0 Å². The molecular formula is C12H19N3O5S. The van der Waals surface area contributed by atoms with Crippen LogP contribution in [-0.2, 0) is 21.8 Å². The topological polar surface area (TPSA) is 101 Å². The van der Waals surface area contributed by atoms with Crippen molar-refractivity contribution in [2.24, 2.45) is 7.05 Å². The standard InChI is InChI=1S/C12H19N3O5S/c1-14-9-10(8-11(14)12(16)17)21(18,19)13-2-3-15-4-6-20-7-5-15/h8-9,13H,2-7H2,1H3,(H,16,17). The fourth-order valence-electron chi connectivity index (χ4n) is 2.14. The van der Waals surface area contributed by atoms with E-state index in [0.29, 0.717) is 19.8 Å². The molecular weight excluding hydrogens is 298 g/mol. The highest BCUT2D eigenvalue weighted by Crippen LogP contribution is 2.13. The minimum Gasteiger partial charge on any atom is -0.477 e. The summed E-state index contributed by atoms with van der Waals surface area (Å²) < 4.78 is 33.2. The summed E-state index contributed by atoms with van der Waals surface area (Å²) in [6.07, 6.45) is 1.29. The van der Waals surface area contributed by atoms with E-state index in [-0.39, 0.29) is 17.1 Å². The molecule has 0 saturated carbocycles. The SMILES string of the molecule is Cn1cc(S(=O)(=O)NCCN2CCOCC2)cc1C(=O)O. The van der Waals surface area contributed by atoms with E-state index in [1.165, 1.54) is 17.8 Å². The number of carboxylic acid groups (broad SMARTS) is 1. The fraction of sp³-hybridized carbons (Fsp3) is 0.583. The molecule has 2 N–H and O–H groups in total. The largest absolute Gasteiger partial charge is 0.477 e. The summed E-state index contributed by atoms with van der Waals surface area (Å²) in [7, 11) is -2.19. The highest BCUT2D eigenvalue weighted by molar-refractivity contribution is 7.89. The monoisotopic (exact) mass is 317 g/mol. The van der Waals surface area contributed by atoms with Crippen LogP contribution in [0.15, 0.2) is 17.2 Å². The van der Waals surface area contributed by atoms with E-state index in [2.05, 4.69) is 9.62 Å².